The zero-order valence-electron chi connectivity index (χ0n) is 15.1. The number of ether oxygens (including phenoxy) is 1. The maximum atomic E-state index is 11.6. The summed E-state index contributed by atoms with van der Waals surface area (Å²) >= 11 is 4.82. The molecule has 0 amide bonds. The summed E-state index contributed by atoms with van der Waals surface area (Å²) in [6, 6.07) is 27.7. The topological polar surface area (TPSA) is 46.5 Å². The predicted octanol–water partition coefficient (Wildman–Crippen LogP) is 4.80. The lowest BCUT2D eigenvalue weighted by Crippen LogP contribution is -2.40. The molecule has 27 heavy (non-hydrogen) atoms. The maximum Gasteiger partial charge on any atom is 0.304 e. The van der Waals surface area contributed by atoms with Crippen LogP contribution in [0, 0.1) is 0 Å². The predicted molar refractivity (Wildman–Crippen MR) is 111 cm³/mol. The van der Waals surface area contributed by atoms with Crippen molar-refractivity contribution in [2.75, 3.05) is 7.11 Å². The quantitative estimate of drug-likeness (QED) is 0.458. The van der Waals surface area contributed by atoms with Gasteiger partial charge in [-0.05, 0) is 28.8 Å². The standard InChI is InChI=1S/C23H22O3S/c1-26-20-14-12-19(13-15-20)23(21(27)16-22(24)25,17-8-4-2-5-9-17)18-10-6-3-7-11-18/h2-15,21,27H,16H2,1H3,(H,24,25). The Labute approximate surface area is 165 Å². The Morgan fingerprint density at radius 1 is 0.889 bits per heavy atom. The van der Waals surface area contributed by atoms with Gasteiger partial charge in [-0.3, -0.25) is 4.79 Å². The van der Waals surface area contributed by atoms with Crippen molar-refractivity contribution >= 4 is 18.6 Å². The van der Waals surface area contributed by atoms with Crippen LogP contribution in [0.3, 0.4) is 0 Å². The van der Waals surface area contributed by atoms with Gasteiger partial charge in [0.05, 0.1) is 18.9 Å². The highest BCUT2D eigenvalue weighted by molar-refractivity contribution is 7.81. The molecule has 0 spiro atoms. The highest BCUT2D eigenvalue weighted by Crippen LogP contribution is 2.45. The van der Waals surface area contributed by atoms with Gasteiger partial charge >= 0.3 is 5.97 Å². The normalized spacial score (nSPS) is 12.4. The van der Waals surface area contributed by atoms with Gasteiger partial charge in [0.2, 0.25) is 0 Å². The number of carboxylic acid groups (broad SMARTS) is 1. The molecule has 1 N–H and O–H groups in total. The summed E-state index contributed by atoms with van der Waals surface area (Å²) in [6.07, 6.45) is -0.0705. The number of hydrogen-bond acceptors (Lipinski definition) is 3. The second kappa shape index (κ2) is 8.31. The molecular formula is C23H22O3S. The number of aliphatic carboxylic acids is 1. The first kappa shape index (κ1) is 19.1. The number of thiol groups is 1. The third kappa shape index (κ3) is 3.71. The molecule has 0 aliphatic heterocycles. The highest BCUT2D eigenvalue weighted by atomic mass is 32.1. The summed E-state index contributed by atoms with van der Waals surface area (Å²) in [4.78, 5) is 11.6. The van der Waals surface area contributed by atoms with Gasteiger partial charge in [-0.1, -0.05) is 72.8 Å². The molecule has 0 aliphatic carbocycles. The fourth-order valence-electron chi connectivity index (χ4n) is 3.65. The van der Waals surface area contributed by atoms with Crippen LogP contribution in [0.25, 0.3) is 0 Å². The van der Waals surface area contributed by atoms with E-state index in [-0.39, 0.29) is 6.42 Å². The zero-order valence-corrected chi connectivity index (χ0v) is 16.0. The molecule has 1 atom stereocenters. The van der Waals surface area contributed by atoms with E-state index in [0.29, 0.717) is 0 Å². The van der Waals surface area contributed by atoms with E-state index in [2.05, 4.69) is 0 Å². The van der Waals surface area contributed by atoms with Crippen LogP contribution in [0.1, 0.15) is 23.1 Å². The second-order valence-electron chi connectivity index (χ2n) is 6.38. The molecule has 0 saturated carbocycles. The molecule has 0 heterocycles. The summed E-state index contributed by atoms with van der Waals surface area (Å²) in [5.41, 5.74) is 2.27. The number of benzene rings is 3. The van der Waals surface area contributed by atoms with Gasteiger partial charge in [0, 0.05) is 5.25 Å². The minimum atomic E-state index is -0.875. The smallest absolute Gasteiger partial charge is 0.304 e. The SMILES string of the molecule is COc1ccc(C(c2ccccc2)(c2ccccc2)C(S)CC(=O)O)cc1. The summed E-state index contributed by atoms with van der Waals surface area (Å²) in [7, 11) is 1.63. The minimum absolute atomic E-state index is 0.0705. The molecule has 3 nitrogen and oxygen atoms in total. The van der Waals surface area contributed by atoms with Crippen LogP contribution in [0.2, 0.25) is 0 Å². The minimum Gasteiger partial charge on any atom is -0.497 e. The molecule has 0 fully saturated rings. The van der Waals surface area contributed by atoms with Gasteiger partial charge in [-0.25, -0.2) is 0 Å². The molecule has 138 valence electrons. The first-order valence-electron chi connectivity index (χ1n) is 8.74. The van der Waals surface area contributed by atoms with Gasteiger partial charge in [0.25, 0.3) is 0 Å². The molecule has 0 aromatic heterocycles. The molecule has 0 radical (unpaired) electrons. The van der Waals surface area contributed by atoms with Crippen molar-refractivity contribution in [1.29, 1.82) is 0 Å². The lowest BCUT2D eigenvalue weighted by Gasteiger charge is -2.40. The van der Waals surface area contributed by atoms with Crippen molar-refractivity contribution in [3.05, 3.63) is 102 Å². The summed E-state index contributed by atoms with van der Waals surface area (Å²) in [5, 5.41) is 9.04. The molecular weight excluding hydrogens is 356 g/mol. The molecule has 3 aromatic carbocycles. The third-order valence-corrected chi connectivity index (χ3v) is 5.44. The summed E-state index contributed by atoms with van der Waals surface area (Å²) in [5.74, 6) is -0.123. The average molecular weight is 378 g/mol. The van der Waals surface area contributed by atoms with E-state index in [1.54, 1.807) is 7.11 Å². The molecule has 0 saturated heterocycles. The van der Waals surface area contributed by atoms with E-state index in [9.17, 15) is 9.90 Å². The van der Waals surface area contributed by atoms with Crippen molar-refractivity contribution in [3.8, 4) is 5.75 Å². The van der Waals surface area contributed by atoms with Crippen LogP contribution in [0.4, 0.5) is 0 Å². The van der Waals surface area contributed by atoms with Crippen molar-refractivity contribution in [3.63, 3.8) is 0 Å². The Kier molecular flexibility index (Phi) is 5.87. The van der Waals surface area contributed by atoms with Gasteiger partial charge in [0.1, 0.15) is 5.75 Å². The fraction of sp³-hybridized carbons (Fsp3) is 0.174. The van der Waals surface area contributed by atoms with Crippen molar-refractivity contribution < 1.29 is 14.6 Å². The van der Waals surface area contributed by atoms with Crippen LogP contribution in [0.5, 0.6) is 5.75 Å². The van der Waals surface area contributed by atoms with E-state index < -0.39 is 16.6 Å². The van der Waals surface area contributed by atoms with Gasteiger partial charge in [-0.15, -0.1) is 0 Å². The number of carboxylic acids is 1. The zero-order chi connectivity index (χ0) is 19.3. The van der Waals surface area contributed by atoms with E-state index in [0.717, 1.165) is 22.4 Å². The van der Waals surface area contributed by atoms with E-state index >= 15 is 0 Å². The molecule has 0 aliphatic rings. The Hall–Kier alpha value is -2.72. The van der Waals surface area contributed by atoms with E-state index in [4.69, 9.17) is 17.4 Å². The summed E-state index contributed by atoms with van der Waals surface area (Å²) in [6.45, 7) is 0. The van der Waals surface area contributed by atoms with Crippen molar-refractivity contribution in [2.45, 2.75) is 17.1 Å². The Morgan fingerprint density at radius 3 is 1.74 bits per heavy atom. The average Bonchev–Trinajstić information content (AvgIpc) is 2.70. The second-order valence-corrected chi connectivity index (χ2v) is 7.01. The first-order chi connectivity index (χ1) is 13.1. The van der Waals surface area contributed by atoms with Crippen molar-refractivity contribution in [1.82, 2.24) is 0 Å². The van der Waals surface area contributed by atoms with E-state index in [1.165, 1.54) is 0 Å². The molecule has 3 aromatic rings. The molecule has 0 bridgehead atoms. The number of carbonyl (C=O) groups is 1. The van der Waals surface area contributed by atoms with Crippen LogP contribution in [-0.4, -0.2) is 23.4 Å². The van der Waals surface area contributed by atoms with Gasteiger partial charge in [-0.2, -0.15) is 12.6 Å². The Balaban J connectivity index is 2.32. The van der Waals surface area contributed by atoms with E-state index in [1.807, 2.05) is 84.9 Å². The van der Waals surface area contributed by atoms with Gasteiger partial charge in [0.15, 0.2) is 0 Å². The van der Waals surface area contributed by atoms with Crippen LogP contribution >= 0.6 is 12.6 Å². The maximum absolute atomic E-state index is 11.6. The number of hydrogen-bond donors (Lipinski definition) is 2. The lowest BCUT2D eigenvalue weighted by atomic mass is 9.66. The van der Waals surface area contributed by atoms with Gasteiger partial charge < -0.3 is 9.84 Å². The lowest BCUT2D eigenvalue weighted by molar-refractivity contribution is -0.137. The fourth-order valence-corrected chi connectivity index (χ4v) is 4.26. The first-order valence-corrected chi connectivity index (χ1v) is 9.26. The Bertz CT molecular complexity index is 837. The van der Waals surface area contributed by atoms with Crippen LogP contribution < -0.4 is 4.74 Å². The van der Waals surface area contributed by atoms with Crippen LogP contribution in [0.15, 0.2) is 84.9 Å². The number of methoxy groups -OCH3 is 1. The van der Waals surface area contributed by atoms with Crippen LogP contribution in [-0.2, 0) is 10.2 Å². The van der Waals surface area contributed by atoms with Crippen molar-refractivity contribution in [2.24, 2.45) is 0 Å². The monoisotopic (exact) mass is 378 g/mol. The molecule has 1 unspecified atom stereocenters. The Morgan fingerprint density at radius 2 is 1.33 bits per heavy atom. The number of rotatable bonds is 7. The molecule has 3 rings (SSSR count). The molecule has 4 heteroatoms. The third-order valence-electron chi connectivity index (χ3n) is 4.87. The largest absolute Gasteiger partial charge is 0.497 e. The highest BCUT2D eigenvalue weighted by Gasteiger charge is 2.43. The summed E-state index contributed by atoms with van der Waals surface area (Å²) < 4.78 is 5.31.